The van der Waals surface area contributed by atoms with E-state index in [2.05, 4.69) is 45.1 Å². The van der Waals surface area contributed by atoms with Crippen LogP contribution in [0.1, 0.15) is 303 Å². The number of unbranched alkanes of at least 4 members (excludes halogenated alkanes) is 36. The van der Waals surface area contributed by atoms with E-state index < -0.39 is 6.10 Å². The molecule has 0 spiro atoms. The number of rotatable bonds is 51. The van der Waals surface area contributed by atoms with E-state index >= 15 is 0 Å². The first-order valence-electron chi connectivity index (χ1n) is 27.8. The van der Waals surface area contributed by atoms with Crippen molar-refractivity contribution in [3.63, 3.8) is 0 Å². The Balaban J connectivity index is 4.35. The normalized spacial score (nSPS) is 12.1. The van der Waals surface area contributed by atoms with Crippen molar-refractivity contribution >= 4 is 17.9 Å². The van der Waals surface area contributed by atoms with Gasteiger partial charge < -0.3 is 14.2 Å². The molecule has 0 rings (SSSR count). The lowest BCUT2D eigenvalue weighted by Crippen LogP contribution is -2.30. The maximum Gasteiger partial charge on any atom is 0.306 e. The molecule has 0 aliphatic carbocycles. The van der Waals surface area contributed by atoms with Gasteiger partial charge in [0.1, 0.15) is 13.2 Å². The van der Waals surface area contributed by atoms with Crippen LogP contribution in [0.25, 0.3) is 0 Å². The lowest BCUT2D eigenvalue weighted by atomic mass is 10.0. The molecule has 0 N–H and O–H groups in total. The zero-order chi connectivity index (χ0) is 45.8. The average Bonchev–Trinajstić information content (AvgIpc) is 3.28. The van der Waals surface area contributed by atoms with Crippen LogP contribution in [0.3, 0.4) is 0 Å². The summed E-state index contributed by atoms with van der Waals surface area (Å²) in [5, 5.41) is 0. The van der Waals surface area contributed by atoms with Crippen LogP contribution in [-0.4, -0.2) is 37.2 Å². The molecule has 0 bridgehead atoms. The lowest BCUT2D eigenvalue weighted by molar-refractivity contribution is -0.167. The molecule has 0 radical (unpaired) electrons. The topological polar surface area (TPSA) is 78.9 Å². The Hall–Kier alpha value is -2.11. The SMILES string of the molecule is CCCCCCCC/C=C\CCCCCCCC(=O)OC(COC(=O)CCCCCCC/C=C\CCCCCCCCCC)COC(=O)CCCCCCCCCCCCCCC. The van der Waals surface area contributed by atoms with Crippen molar-refractivity contribution in [2.75, 3.05) is 13.2 Å². The molecule has 6 nitrogen and oxygen atoms in total. The third-order valence-electron chi connectivity index (χ3n) is 12.4. The fraction of sp³-hybridized carbons (Fsp3) is 0.877. The highest BCUT2D eigenvalue weighted by molar-refractivity contribution is 5.71. The molecule has 1 atom stereocenters. The van der Waals surface area contributed by atoms with Crippen molar-refractivity contribution in [3.05, 3.63) is 24.3 Å². The smallest absolute Gasteiger partial charge is 0.306 e. The van der Waals surface area contributed by atoms with Crippen LogP contribution in [0.5, 0.6) is 0 Å². The summed E-state index contributed by atoms with van der Waals surface area (Å²) < 4.78 is 16.8. The van der Waals surface area contributed by atoms with Crippen LogP contribution in [0.2, 0.25) is 0 Å². The molecule has 1 unspecified atom stereocenters. The summed E-state index contributed by atoms with van der Waals surface area (Å²) in [7, 11) is 0. The quantitative estimate of drug-likeness (QED) is 0.0262. The van der Waals surface area contributed by atoms with Crippen molar-refractivity contribution in [1.29, 1.82) is 0 Å². The molecular formula is C57H106O6. The monoisotopic (exact) mass is 887 g/mol. The zero-order valence-electron chi connectivity index (χ0n) is 42.4. The van der Waals surface area contributed by atoms with Crippen LogP contribution < -0.4 is 0 Å². The third kappa shape index (κ3) is 50.7. The van der Waals surface area contributed by atoms with Gasteiger partial charge in [-0.2, -0.15) is 0 Å². The molecule has 0 saturated heterocycles. The molecule has 0 aromatic carbocycles. The van der Waals surface area contributed by atoms with Crippen molar-refractivity contribution in [2.24, 2.45) is 0 Å². The Morgan fingerprint density at radius 2 is 0.524 bits per heavy atom. The fourth-order valence-corrected chi connectivity index (χ4v) is 8.20. The molecule has 0 aromatic heterocycles. The van der Waals surface area contributed by atoms with Crippen LogP contribution in [0.4, 0.5) is 0 Å². The number of carbonyl (C=O) groups excluding carboxylic acids is 3. The van der Waals surface area contributed by atoms with E-state index in [0.29, 0.717) is 19.3 Å². The second-order valence-electron chi connectivity index (χ2n) is 18.8. The van der Waals surface area contributed by atoms with E-state index in [-0.39, 0.29) is 31.1 Å². The summed E-state index contributed by atoms with van der Waals surface area (Å²) in [6.45, 7) is 6.65. The van der Waals surface area contributed by atoms with E-state index in [1.165, 1.54) is 193 Å². The van der Waals surface area contributed by atoms with Gasteiger partial charge in [-0.05, 0) is 70.6 Å². The van der Waals surface area contributed by atoms with Crippen molar-refractivity contribution in [1.82, 2.24) is 0 Å². The van der Waals surface area contributed by atoms with Crippen LogP contribution in [0, 0.1) is 0 Å². The minimum absolute atomic E-state index is 0.0732. The van der Waals surface area contributed by atoms with Crippen molar-refractivity contribution < 1.29 is 28.6 Å². The predicted octanol–water partition coefficient (Wildman–Crippen LogP) is 18.3. The highest BCUT2D eigenvalue weighted by Gasteiger charge is 2.19. The van der Waals surface area contributed by atoms with Gasteiger partial charge in [-0.1, -0.05) is 238 Å². The van der Waals surface area contributed by atoms with Gasteiger partial charge in [0, 0.05) is 19.3 Å². The zero-order valence-corrected chi connectivity index (χ0v) is 42.4. The van der Waals surface area contributed by atoms with Crippen LogP contribution in [0.15, 0.2) is 24.3 Å². The van der Waals surface area contributed by atoms with Gasteiger partial charge in [0.2, 0.25) is 0 Å². The van der Waals surface area contributed by atoms with Crippen molar-refractivity contribution in [3.8, 4) is 0 Å². The maximum atomic E-state index is 12.8. The van der Waals surface area contributed by atoms with Gasteiger partial charge >= 0.3 is 17.9 Å². The molecule has 0 aliphatic heterocycles. The molecule has 0 aliphatic rings. The highest BCUT2D eigenvalue weighted by Crippen LogP contribution is 2.16. The minimum Gasteiger partial charge on any atom is -0.462 e. The largest absolute Gasteiger partial charge is 0.462 e. The molecule has 0 aromatic rings. The van der Waals surface area contributed by atoms with Crippen LogP contribution >= 0.6 is 0 Å². The summed E-state index contributed by atoms with van der Waals surface area (Å²) in [6, 6.07) is 0. The van der Waals surface area contributed by atoms with Gasteiger partial charge in [-0.3, -0.25) is 14.4 Å². The standard InChI is InChI=1S/C57H106O6/c1-4-7-10-13-16-19-22-25-27-28-30-32-35-38-41-44-47-50-56(59)62-53-54(52-61-55(58)49-46-43-40-37-34-31-24-21-18-15-12-9-6-3)63-57(60)51-48-45-42-39-36-33-29-26-23-20-17-14-11-8-5-2/h26,28-30,54H,4-25,27,31-53H2,1-3H3/b29-26-,30-28-. The van der Waals surface area contributed by atoms with E-state index in [4.69, 9.17) is 14.2 Å². The molecule has 0 amide bonds. The summed E-state index contributed by atoms with van der Waals surface area (Å²) in [5.74, 6) is -0.874. The molecule has 63 heavy (non-hydrogen) atoms. The summed E-state index contributed by atoms with van der Waals surface area (Å²) in [5.41, 5.74) is 0. The van der Waals surface area contributed by atoms with E-state index in [0.717, 1.165) is 70.6 Å². The minimum atomic E-state index is -0.774. The number of carbonyl (C=O) groups is 3. The second-order valence-corrected chi connectivity index (χ2v) is 18.8. The second kappa shape index (κ2) is 52.5. The number of hydrogen-bond acceptors (Lipinski definition) is 6. The Labute approximate surface area is 392 Å². The lowest BCUT2D eigenvalue weighted by Gasteiger charge is -2.18. The molecule has 370 valence electrons. The Morgan fingerprint density at radius 3 is 0.794 bits per heavy atom. The first kappa shape index (κ1) is 60.9. The number of esters is 3. The first-order chi connectivity index (χ1) is 31.0. The molecule has 0 saturated carbocycles. The number of allylic oxidation sites excluding steroid dienone is 4. The van der Waals surface area contributed by atoms with E-state index in [1.54, 1.807) is 0 Å². The van der Waals surface area contributed by atoms with Gasteiger partial charge in [0.15, 0.2) is 6.10 Å². The van der Waals surface area contributed by atoms with Gasteiger partial charge in [-0.15, -0.1) is 0 Å². The molecule has 0 heterocycles. The van der Waals surface area contributed by atoms with Crippen LogP contribution in [-0.2, 0) is 28.6 Å². The van der Waals surface area contributed by atoms with E-state index in [9.17, 15) is 14.4 Å². The fourth-order valence-electron chi connectivity index (χ4n) is 8.20. The van der Waals surface area contributed by atoms with E-state index in [1.807, 2.05) is 0 Å². The summed E-state index contributed by atoms with van der Waals surface area (Å²) >= 11 is 0. The first-order valence-corrected chi connectivity index (χ1v) is 27.8. The Bertz CT molecular complexity index is 1020. The maximum absolute atomic E-state index is 12.8. The Morgan fingerprint density at radius 1 is 0.302 bits per heavy atom. The predicted molar refractivity (Wildman–Crippen MR) is 270 cm³/mol. The number of hydrogen-bond donors (Lipinski definition) is 0. The molecular weight excluding hydrogens is 781 g/mol. The Kier molecular flexibility index (Phi) is 50.8. The highest BCUT2D eigenvalue weighted by atomic mass is 16.6. The van der Waals surface area contributed by atoms with Gasteiger partial charge in [0.05, 0.1) is 0 Å². The third-order valence-corrected chi connectivity index (χ3v) is 12.4. The van der Waals surface area contributed by atoms with Crippen molar-refractivity contribution in [2.45, 2.75) is 309 Å². The van der Waals surface area contributed by atoms with Gasteiger partial charge in [-0.25, -0.2) is 0 Å². The number of ether oxygens (including phenoxy) is 3. The average molecular weight is 887 g/mol. The molecule has 6 heteroatoms. The van der Waals surface area contributed by atoms with Gasteiger partial charge in [0.25, 0.3) is 0 Å². The summed E-state index contributed by atoms with van der Waals surface area (Å²) in [4.78, 5) is 38.0. The molecule has 0 fully saturated rings. The summed E-state index contributed by atoms with van der Waals surface area (Å²) in [6.07, 6.45) is 60.2.